The van der Waals surface area contributed by atoms with Crippen molar-refractivity contribution in [1.29, 1.82) is 0 Å². The highest BCUT2D eigenvalue weighted by atomic mass is 16.5. The lowest BCUT2D eigenvalue weighted by molar-refractivity contribution is -0.127. The summed E-state index contributed by atoms with van der Waals surface area (Å²) in [7, 11) is 3.75. The highest BCUT2D eigenvalue weighted by Crippen LogP contribution is 2.20. The first kappa shape index (κ1) is 21.0. The first-order valence-corrected chi connectivity index (χ1v) is 10.1. The molecule has 0 aromatic heterocycles. The number of amides is 1. The van der Waals surface area contributed by atoms with Gasteiger partial charge in [-0.2, -0.15) is 0 Å². The number of carbonyl (C=O) groups is 1. The zero-order valence-electron chi connectivity index (χ0n) is 17.4. The molecule has 1 aliphatic heterocycles. The molecule has 0 unspecified atom stereocenters. The van der Waals surface area contributed by atoms with Crippen LogP contribution in [-0.2, 0) is 11.3 Å². The summed E-state index contributed by atoms with van der Waals surface area (Å²) in [6, 6.07) is 15.1. The van der Waals surface area contributed by atoms with Crippen molar-refractivity contribution in [2.45, 2.75) is 38.5 Å². The summed E-state index contributed by atoms with van der Waals surface area (Å²) < 4.78 is 16.9. The van der Waals surface area contributed by atoms with Gasteiger partial charge in [0.1, 0.15) is 23.4 Å². The molecule has 156 valence electrons. The van der Waals surface area contributed by atoms with E-state index in [0.717, 1.165) is 43.0 Å². The standard InChI is InChI=1S/C23H30N2O4/c1-17(28-20-10-8-19(27-3)9-11-20)23(26)24-16-18-4-6-21(7-5-18)29-22-12-14-25(2)15-13-22/h4-11,17,22H,12-16H2,1-3H3,(H,24,26)/t17-/m0/s1. The number of methoxy groups -OCH3 is 1. The highest BCUT2D eigenvalue weighted by Gasteiger charge is 2.18. The molecular formula is C23H30N2O4. The van der Waals surface area contributed by atoms with Crippen LogP contribution in [0, 0.1) is 0 Å². The molecule has 1 saturated heterocycles. The Balaban J connectivity index is 1.43. The van der Waals surface area contributed by atoms with Gasteiger partial charge in [0, 0.05) is 19.6 Å². The molecule has 1 N–H and O–H groups in total. The van der Waals surface area contributed by atoms with Crippen molar-refractivity contribution in [3.63, 3.8) is 0 Å². The SMILES string of the molecule is COc1ccc(O[C@@H](C)C(=O)NCc2ccc(OC3CCN(C)CC3)cc2)cc1. The van der Waals surface area contributed by atoms with E-state index in [9.17, 15) is 4.79 Å². The minimum absolute atomic E-state index is 0.160. The first-order chi connectivity index (χ1) is 14.0. The Bertz CT molecular complexity index is 768. The lowest BCUT2D eigenvalue weighted by atomic mass is 10.1. The van der Waals surface area contributed by atoms with E-state index in [1.165, 1.54) is 0 Å². The number of carbonyl (C=O) groups excluding carboxylic acids is 1. The van der Waals surface area contributed by atoms with Crippen LogP contribution in [0.4, 0.5) is 0 Å². The highest BCUT2D eigenvalue weighted by molar-refractivity contribution is 5.80. The molecule has 2 aromatic rings. The number of hydrogen-bond donors (Lipinski definition) is 1. The van der Waals surface area contributed by atoms with Crippen LogP contribution in [0.15, 0.2) is 48.5 Å². The molecule has 6 heteroatoms. The zero-order valence-corrected chi connectivity index (χ0v) is 17.4. The average Bonchev–Trinajstić information content (AvgIpc) is 2.75. The number of rotatable bonds is 8. The molecule has 29 heavy (non-hydrogen) atoms. The van der Waals surface area contributed by atoms with Crippen LogP contribution in [0.3, 0.4) is 0 Å². The normalized spacial score (nSPS) is 16.1. The molecule has 1 aliphatic rings. The van der Waals surface area contributed by atoms with Gasteiger partial charge in [0.2, 0.25) is 0 Å². The van der Waals surface area contributed by atoms with Crippen LogP contribution < -0.4 is 19.5 Å². The molecule has 3 rings (SSSR count). The Labute approximate surface area is 172 Å². The molecule has 1 atom stereocenters. The third-order valence-corrected chi connectivity index (χ3v) is 5.10. The lowest BCUT2D eigenvalue weighted by Gasteiger charge is -2.29. The first-order valence-electron chi connectivity index (χ1n) is 10.1. The summed E-state index contributed by atoms with van der Waals surface area (Å²) in [5, 5.41) is 2.91. The van der Waals surface area contributed by atoms with Crippen molar-refractivity contribution in [1.82, 2.24) is 10.2 Å². The van der Waals surface area contributed by atoms with Crippen LogP contribution in [0.2, 0.25) is 0 Å². The Hall–Kier alpha value is -2.73. The summed E-state index contributed by atoms with van der Waals surface area (Å²) in [5.41, 5.74) is 1.02. The largest absolute Gasteiger partial charge is 0.497 e. The Morgan fingerprint density at radius 1 is 1.03 bits per heavy atom. The van der Waals surface area contributed by atoms with Crippen molar-refractivity contribution in [3.8, 4) is 17.2 Å². The predicted octanol–water partition coefficient (Wildman–Crippen LogP) is 3.25. The molecule has 0 saturated carbocycles. The Kier molecular flexibility index (Phi) is 7.36. The summed E-state index contributed by atoms with van der Waals surface area (Å²) in [6.45, 7) is 4.33. The van der Waals surface area contributed by atoms with Gasteiger partial charge < -0.3 is 24.4 Å². The van der Waals surface area contributed by atoms with Crippen LogP contribution >= 0.6 is 0 Å². The lowest BCUT2D eigenvalue weighted by Crippen LogP contribution is -2.36. The van der Waals surface area contributed by atoms with Gasteiger partial charge in [-0.05, 0) is 68.8 Å². The maximum atomic E-state index is 12.3. The van der Waals surface area contributed by atoms with Crippen LogP contribution in [0.5, 0.6) is 17.2 Å². The maximum Gasteiger partial charge on any atom is 0.261 e. The molecule has 1 fully saturated rings. The second-order valence-corrected chi connectivity index (χ2v) is 7.42. The van der Waals surface area contributed by atoms with E-state index < -0.39 is 6.10 Å². The van der Waals surface area contributed by atoms with Crippen molar-refractivity contribution >= 4 is 5.91 Å². The predicted molar refractivity (Wildman–Crippen MR) is 113 cm³/mol. The van der Waals surface area contributed by atoms with E-state index in [0.29, 0.717) is 12.3 Å². The van der Waals surface area contributed by atoms with Crippen molar-refractivity contribution in [2.24, 2.45) is 0 Å². The van der Waals surface area contributed by atoms with Crippen LogP contribution in [0.25, 0.3) is 0 Å². The molecule has 0 bridgehead atoms. The third-order valence-electron chi connectivity index (χ3n) is 5.10. The summed E-state index contributed by atoms with van der Waals surface area (Å²) >= 11 is 0. The fraction of sp³-hybridized carbons (Fsp3) is 0.435. The van der Waals surface area contributed by atoms with Gasteiger partial charge in [-0.1, -0.05) is 12.1 Å². The van der Waals surface area contributed by atoms with E-state index in [1.807, 2.05) is 24.3 Å². The summed E-state index contributed by atoms with van der Waals surface area (Å²) in [4.78, 5) is 14.6. The van der Waals surface area contributed by atoms with Gasteiger partial charge >= 0.3 is 0 Å². The van der Waals surface area contributed by atoms with E-state index in [1.54, 1.807) is 38.3 Å². The monoisotopic (exact) mass is 398 g/mol. The van der Waals surface area contributed by atoms with Gasteiger partial charge in [-0.3, -0.25) is 4.79 Å². The molecule has 1 amide bonds. The summed E-state index contributed by atoms with van der Waals surface area (Å²) in [6.07, 6.45) is 1.81. The molecule has 1 heterocycles. The fourth-order valence-electron chi connectivity index (χ4n) is 3.23. The van der Waals surface area contributed by atoms with Gasteiger partial charge in [-0.25, -0.2) is 0 Å². The number of nitrogens with one attached hydrogen (secondary N) is 1. The third kappa shape index (κ3) is 6.39. The van der Waals surface area contributed by atoms with Crippen molar-refractivity contribution in [3.05, 3.63) is 54.1 Å². The van der Waals surface area contributed by atoms with Crippen molar-refractivity contribution < 1.29 is 19.0 Å². The number of hydrogen-bond acceptors (Lipinski definition) is 5. The van der Waals surface area contributed by atoms with Gasteiger partial charge in [-0.15, -0.1) is 0 Å². The molecule has 0 radical (unpaired) electrons. The Morgan fingerprint density at radius 2 is 1.62 bits per heavy atom. The van der Waals surface area contributed by atoms with Gasteiger partial charge in [0.25, 0.3) is 5.91 Å². The van der Waals surface area contributed by atoms with Crippen LogP contribution in [0.1, 0.15) is 25.3 Å². The smallest absolute Gasteiger partial charge is 0.261 e. The van der Waals surface area contributed by atoms with Crippen LogP contribution in [-0.4, -0.2) is 50.3 Å². The van der Waals surface area contributed by atoms with Gasteiger partial charge in [0.15, 0.2) is 6.10 Å². The molecule has 2 aromatic carbocycles. The number of piperidine rings is 1. The topological polar surface area (TPSA) is 60.0 Å². The fourth-order valence-corrected chi connectivity index (χ4v) is 3.23. The minimum Gasteiger partial charge on any atom is -0.497 e. The van der Waals surface area contributed by atoms with E-state index in [4.69, 9.17) is 14.2 Å². The summed E-state index contributed by atoms with van der Waals surface area (Å²) in [5.74, 6) is 2.10. The Morgan fingerprint density at radius 3 is 2.24 bits per heavy atom. The molecule has 6 nitrogen and oxygen atoms in total. The van der Waals surface area contributed by atoms with E-state index >= 15 is 0 Å². The van der Waals surface area contributed by atoms with Gasteiger partial charge in [0.05, 0.1) is 7.11 Å². The number of benzene rings is 2. The van der Waals surface area contributed by atoms with Crippen molar-refractivity contribution in [2.75, 3.05) is 27.2 Å². The second kappa shape index (κ2) is 10.2. The number of likely N-dealkylation sites (tertiary alicyclic amines) is 1. The second-order valence-electron chi connectivity index (χ2n) is 7.42. The number of nitrogens with zero attached hydrogens (tertiary/aromatic N) is 1. The quantitative estimate of drug-likeness (QED) is 0.740. The number of ether oxygens (including phenoxy) is 3. The average molecular weight is 399 g/mol. The molecular weight excluding hydrogens is 368 g/mol. The maximum absolute atomic E-state index is 12.3. The molecule has 0 spiro atoms. The minimum atomic E-state index is -0.588. The van der Waals surface area contributed by atoms with E-state index in [-0.39, 0.29) is 12.0 Å². The zero-order chi connectivity index (χ0) is 20.6. The molecule has 0 aliphatic carbocycles. The van der Waals surface area contributed by atoms with E-state index in [2.05, 4.69) is 17.3 Å².